The first kappa shape index (κ1) is 27.6. The molecule has 0 amide bonds. The lowest BCUT2D eigenvalue weighted by Crippen LogP contribution is -2.25. The van der Waals surface area contributed by atoms with E-state index in [1.165, 1.54) is 24.0 Å². The van der Waals surface area contributed by atoms with Crippen LogP contribution in [0.4, 0.5) is 0 Å². The van der Waals surface area contributed by atoms with E-state index >= 15 is 0 Å². The minimum Gasteiger partial charge on any atom is -0.507 e. The number of hydrogen-bond donors (Lipinski definition) is 2. The minimum atomic E-state index is -0.0593. The molecule has 1 saturated carbocycles. The van der Waals surface area contributed by atoms with Gasteiger partial charge in [-0.05, 0) is 95.6 Å². The summed E-state index contributed by atoms with van der Waals surface area (Å²) in [6.07, 6.45) is 8.75. The fourth-order valence-corrected chi connectivity index (χ4v) is 6.02. The van der Waals surface area contributed by atoms with Crippen LogP contribution in [0.3, 0.4) is 0 Å². The van der Waals surface area contributed by atoms with Gasteiger partial charge in [-0.3, -0.25) is 0 Å². The predicted molar refractivity (Wildman–Crippen MR) is 150 cm³/mol. The Morgan fingerprint density at radius 3 is 1.06 bits per heavy atom. The number of rotatable bonds is 10. The molecule has 4 atom stereocenters. The highest BCUT2D eigenvalue weighted by molar-refractivity contribution is 5.56. The molecule has 0 heterocycles. The maximum Gasteiger partial charge on any atom is 0.122 e. The SMILES string of the molecule is CCC(C)c1cc(C2(c3cc(C(C)CC)c(O)c(C(C)CC)c3)CCCC2)cc(C(C)CC)c1O. The Balaban J connectivity index is 2.34. The smallest absolute Gasteiger partial charge is 0.122 e. The highest BCUT2D eigenvalue weighted by atomic mass is 16.3. The zero-order valence-electron chi connectivity index (χ0n) is 23.7. The zero-order valence-corrected chi connectivity index (χ0v) is 23.7. The van der Waals surface area contributed by atoms with Gasteiger partial charge >= 0.3 is 0 Å². The Bertz CT molecular complexity index is 861. The summed E-state index contributed by atoms with van der Waals surface area (Å²) in [4.78, 5) is 0. The topological polar surface area (TPSA) is 40.5 Å². The maximum atomic E-state index is 11.3. The number of phenols is 2. The van der Waals surface area contributed by atoms with Crippen molar-refractivity contribution in [1.29, 1.82) is 0 Å². The van der Waals surface area contributed by atoms with E-state index < -0.39 is 0 Å². The highest BCUT2D eigenvalue weighted by Gasteiger charge is 2.40. The summed E-state index contributed by atoms with van der Waals surface area (Å²) < 4.78 is 0. The standard InChI is InChI=1S/C33H50O2/c1-9-21(5)27-17-25(18-28(31(27)34)22(6)10-2)33(15-13-14-16-33)26-19-29(23(7)11-3)32(35)30(20-26)24(8)12-4/h17-24,34-35H,9-16H2,1-8H3. The average molecular weight is 479 g/mol. The Kier molecular flexibility index (Phi) is 9.00. The second-order valence-electron chi connectivity index (χ2n) is 11.5. The van der Waals surface area contributed by atoms with Gasteiger partial charge in [-0.1, -0.05) is 92.5 Å². The first-order valence-electron chi connectivity index (χ1n) is 14.4. The third kappa shape index (κ3) is 5.13. The van der Waals surface area contributed by atoms with Gasteiger partial charge in [0.15, 0.2) is 0 Å². The van der Waals surface area contributed by atoms with Crippen molar-refractivity contribution in [1.82, 2.24) is 0 Å². The maximum absolute atomic E-state index is 11.3. The Hall–Kier alpha value is -1.96. The molecule has 2 aromatic rings. The molecule has 3 rings (SSSR count). The zero-order chi connectivity index (χ0) is 25.9. The van der Waals surface area contributed by atoms with Crippen LogP contribution in [0, 0.1) is 0 Å². The van der Waals surface area contributed by atoms with E-state index in [4.69, 9.17) is 0 Å². The third-order valence-electron chi connectivity index (χ3n) is 9.47. The molecule has 0 spiro atoms. The van der Waals surface area contributed by atoms with E-state index in [-0.39, 0.29) is 5.41 Å². The van der Waals surface area contributed by atoms with Crippen LogP contribution in [0.15, 0.2) is 24.3 Å². The normalized spacial score (nSPS) is 18.9. The summed E-state index contributed by atoms with van der Waals surface area (Å²) >= 11 is 0. The fourth-order valence-electron chi connectivity index (χ4n) is 6.02. The molecule has 1 aliphatic rings. The molecule has 0 aromatic heterocycles. The van der Waals surface area contributed by atoms with E-state index in [2.05, 4.69) is 79.7 Å². The van der Waals surface area contributed by atoms with Gasteiger partial charge < -0.3 is 10.2 Å². The van der Waals surface area contributed by atoms with E-state index in [0.717, 1.165) is 60.8 Å². The molecule has 2 heteroatoms. The number of aromatic hydroxyl groups is 2. The number of benzene rings is 2. The molecule has 1 aliphatic carbocycles. The lowest BCUT2D eigenvalue weighted by atomic mass is 9.69. The Morgan fingerprint density at radius 1 is 0.571 bits per heavy atom. The third-order valence-corrected chi connectivity index (χ3v) is 9.47. The van der Waals surface area contributed by atoms with Gasteiger partial charge in [-0.25, -0.2) is 0 Å². The van der Waals surface area contributed by atoms with Gasteiger partial charge in [0.1, 0.15) is 11.5 Å². The molecule has 194 valence electrons. The van der Waals surface area contributed by atoms with Crippen molar-refractivity contribution in [3.8, 4) is 11.5 Å². The predicted octanol–water partition coefficient (Wildman–Crippen LogP) is 10.0. The Labute approximate surface area is 215 Å². The molecule has 0 bridgehead atoms. The number of phenolic OH excluding ortho intramolecular Hbond substituents is 2. The van der Waals surface area contributed by atoms with Crippen molar-refractivity contribution >= 4 is 0 Å². The number of hydrogen-bond acceptors (Lipinski definition) is 2. The van der Waals surface area contributed by atoms with Crippen molar-refractivity contribution in [3.05, 3.63) is 57.6 Å². The summed E-state index contributed by atoms with van der Waals surface area (Å²) in [6, 6.07) is 9.33. The summed E-state index contributed by atoms with van der Waals surface area (Å²) in [7, 11) is 0. The first-order chi connectivity index (χ1) is 16.6. The summed E-state index contributed by atoms with van der Waals surface area (Å²) in [6.45, 7) is 17.8. The summed E-state index contributed by atoms with van der Waals surface area (Å²) in [5, 5.41) is 22.6. The molecular weight excluding hydrogens is 428 g/mol. The first-order valence-corrected chi connectivity index (χ1v) is 14.4. The van der Waals surface area contributed by atoms with Crippen LogP contribution >= 0.6 is 0 Å². The van der Waals surface area contributed by atoms with Gasteiger partial charge in [0.05, 0.1) is 0 Å². The monoisotopic (exact) mass is 478 g/mol. The Morgan fingerprint density at radius 2 is 0.829 bits per heavy atom. The molecule has 2 nitrogen and oxygen atoms in total. The molecule has 4 unspecified atom stereocenters. The highest BCUT2D eigenvalue weighted by Crippen LogP contribution is 2.51. The van der Waals surface area contributed by atoms with Gasteiger partial charge in [0.2, 0.25) is 0 Å². The molecule has 1 fully saturated rings. The second-order valence-corrected chi connectivity index (χ2v) is 11.5. The molecule has 0 saturated heterocycles. The van der Waals surface area contributed by atoms with Gasteiger partial charge in [-0.15, -0.1) is 0 Å². The van der Waals surface area contributed by atoms with Crippen LogP contribution in [0.5, 0.6) is 11.5 Å². The summed E-state index contributed by atoms with van der Waals surface area (Å²) in [5.41, 5.74) is 7.10. The van der Waals surface area contributed by atoms with E-state index in [9.17, 15) is 10.2 Å². The van der Waals surface area contributed by atoms with E-state index in [1.54, 1.807) is 0 Å². The summed E-state index contributed by atoms with van der Waals surface area (Å²) in [5.74, 6) is 2.31. The molecule has 0 aliphatic heterocycles. The molecular formula is C33H50O2. The van der Waals surface area contributed by atoms with Crippen molar-refractivity contribution in [2.24, 2.45) is 0 Å². The van der Waals surface area contributed by atoms with Crippen LogP contribution in [-0.4, -0.2) is 10.2 Å². The van der Waals surface area contributed by atoms with Crippen molar-refractivity contribution in [2.45, 2.75) is 136 Å². The van der Waals surface area contributed by atoms with Gasteiger partial charge in [0.25, 0.3) is 0 Å². The molecule has 0 radical (unpaired) electrons. The molecule has 2 N–H and O–H groups in total. The average Bonchev–Trinajstić information content (AvgIpc) is 3.38. The molecule has 35 heavy (non-hydrogen) atoms. The lowest BCUT2D eigenvalue weighted by Gasteiger charge is -2.35. The van der Waals surface area contributed by atoms with Crippen molar-refractivity contribution in [2.75, 3.05) is 0 Å². The van der Waals surface area contributed by atoms with Crippen molar-refractivity contribution in [3.63, 3.8) is 0 Å². The van der Waals surface area contributed by atoms with E-state index in [1.807, 2.05) is 0 Å². The minimum absolute atomic E-state index is 0.0593. The van der Waals surface area contributed by atoms with Crippen LogP contribution in [0.2, 0.25) is 0 Å². The second kappa shape index (κ2) is 11.4. The van der Waals surface area contributed by atoms with Crippen LogP contribution in [-0.2, 0) is 5.41 Å². The van der Waals surface area contributed by atoms with Crippen LogP contribution in [0.1, 0.15) is 164 Å². The fraction of sp³-hybridized carbons (Fsp3) is 0.636. The lowest BCUT2D eigenvalue weighted by molar-refractivity contribution is 0.443. The van der Waals surface area contributed by atoms with E-state index in [0.29, 0.717) is 35.2 Å². The van der Waals surface area contributed by atoms with Crippen LogP contribution in [0.25, 0.3) is 0 Å². The quantitative estimate of drug-likeness (QED) is 0.356. The van der Waals surface area contributed by atoms with Gasteiger partial charge in [-0.2, -0.15) is 0 Å². The van der Waals surface area contributed by atoms with Crippen molar-refractivity contribution < 1.29 is 10.2 Å². The van der Waals surface area contributed by atoms with Gasteiger partial charge in [0, 0.05) is 5.41 Å². The van der Waals surface area contributed by atoms with Crippen LogP contribution < -0.4 is 0 Å². The molecule has 2 aromatic carbocycles. The largest absolute Gasteiger partial charge is 0.507 e.